The van der Waals surface area contributed by atoms with Crippen molar-refractivity contribution in [3.8, 4) is 17.2 Å². The van der Waals surface area contributed by atoms with Crippen molar-refractivity contribution in [3.63, 3.8) is 0 Å². The summed E-state index contributed by atoms with van der Waals surface area (Å²) in [5.74, 6) is 0.638. The fourth-order valence-electron chi connectivity index (χ4n) is 3.69. The van der Waals surface area contributed by atoms with E-state index in [1.165, 1.54) is 18.2 Å². The highest BCUT2D eigenvalue weighted by molar-refractivity contribution is 7.92. The molecule has 2 heterocycles. The van der Waals surface area contributed by atoms with Gasteiger partial charge in [0, 0.05) is 29.7 Å². The van der Waals surface area contributed by atoms with Crippen LogP contribution in [0.15, 0.2) is 90.3 Å². The van der Waals surface area contributed by atoms with Crippen molar-refractivity contribution in [2.24, 2.45) is 0 Å². The van der Waals surface area contributed by atoms with E-state index in [4.69, 9.17) is 9.47 Å². The van der Waals surface area contributed by atoms with Gasteiger partial charge in [0.15, 0.2) is 11.5 Å². The number of nitrogens with one attached hydrogen (secondary N) is 2. The summed E-state index contributed by atoms with van der Waals surface area (Å²) < 4.78 is 40.8. The molecule has 0 saturated carbocycles. The van der Waals surface area contributed by atoms with Crippen LogP contribution in [0.25, 0.3) is 5.69 Å². The van der Waals surface area contributed by atoms with Gasteiger partial charge in [-0.2, -0.15) is 0 Å². The summed E-state index contributed by atoms with van der Waals surface area (Å²) in [6, 6.07) is 18.1. The maximum absolute atomic E-state index is 12.9. The SMILES string of the molecule is C[C@H](NC(=O)c1cccc(S(=O)(=O)Nc2ccc3c(c2)OCO3)c1)c1ccc(-n2ccnc2)cc1. The third kappa shape index (κ3) is 4.82. The van der Waals surface area contributed by atoms with E-state index in [-0.39, 0.29) is 29.2 Å². The Hall–Kier alpha value is -4.31. The fraction of sp³-hybridized carbons (Fsp3) is 0.120. The van der Waals surface area contributed by atoms with Gasteiger partial charge in [0.05, 0.1) is 23.0 Å². The number of aromatic nitrogens is 2. The summed E-state index contributed by atoms with van der Waals surface area (Å²) in [7, 11) is -3.93. The molecule has 2 N–H and O–H groups in total. The summed E-state index contributed by atoms with van der Waals surface area (Å²) >= 11 is 0. The van der Waals surface area contributed by atoms with E-state index in [0.717, 1.165) is 11.3 Å². The standard InChI is InChI=1S/C25H22N4O5S/c1-17(18-5-8-21(9-6-18)29-12-11-26-15-29)27-25(30)19-3-2-4-22(13-19)35(31,32)28-20-7-10-23-24(14-20)34-16-33-23/h2-15,17,28H,16H2,1H3,(H,27,30)/t17-/m0/s1. The number of fused-ring (bicyclic) bond motifs is 1. The number of hydrogen-bond acceptors (Lipinski definition) is 6. The largest absolute Gasteiger partial charge is 0.454 e. The molecule has 0 aliphatic carbocycles. The van der Waals surface area contributed by atoms with Crippen LogP contribution in [0.4, 0.5) is 5.69 Å². The van der Waals surface area contributed by atoms with E-state index in [2.05, 4.69) is 15.0 Å². The van der Waals surface area contributed by atoms with Gasteiger partial charge in [0.1, 0.15) is 0 Å². The third-order valence-electron chi connectivity index (χ3n) is 5.57. The maximum Gasteiger partial charge on any atom is 0.261 e. The minimum absolute atomic E-state index is 0.0276. The van der Waals surface area contributed by atoms with Crippen LogP contribution in [0.5, 0.6) is 11.5 Å². The average molecular weight is 491 g/mol. The van der Waals surface area contributed by atoms with Crippen LogP contribution in [0.2, 0.25) is 0 Å². The maximum atomic E-state index is 12.9. The number of nitrogens with zero attached hydrogens (tertiary/aromatic N) is 2. The van der Waals surface area contributed by atoms with E-state index < -0.39 is 10.0 Å². The van der Waals surface area contributed by atoms with E-state index >= 15 is 0 Å². The Labute approximate surface area is 202 Å². The van der Waals surface area contributed by atoms with E-state index in [1.54, 1.807) is 36.8 Å². The van der Waals surface area contributed by atoms with Gasteiger partial charge >= 0.3 is 0 Å². The highest BCUT2D eigenvalue weighted by Gasteiger charge is 2.20. The van der Waals surface area contributed by atoms with E-state index in [9.17, 15) is 13.2 Å². The molecular formula is C25H22N4O5S. The smallest absolute Gasteiger partial charge is 0.261 e. The Morgan fingerprint density at radius 1 is 1.03 bits per heavy atom. The Morgan fingerprint density at radius 3 is 2.60 bits per heavy atom. The van der Waals surface area contributed by atoms with Gasteiger partial charge in [-0.25, -0.2) is 13.4 Å². The van der Waals surface area contributed by atoms with Crippen molar-refractivity contribution in [2.45, 2.75) is 17.9 Å². The number of sulfonamides is 1. The number of hydrogen-bond donors (Lipinski definition) is 2. The van der Waals surface area contributed by atoms with Crippen LogP contribution >= 0.6 is 0 Å². The molecule has 35 heavy (non-hydrogen) atoms. The van der Waals surface area contributed by atoms with Crippen LogP contribution in [-0.4, -0.2) is 30.7 Å². The number of rotatable bonds is 7. The molecule has 4 aromatic rings. The average Bonchev–Trinajstić information content (AvgIpc) is 3.56. The topological polar surface area (TPSA) is 112 Å². The summed E-state index contributed by atoms with van der Waals surface area (Å²) in [5, 5.41) is 2.92. The van der Waals surface area contributed by atoms with Gasteiger partial charge in [-0.05, 0) is 55.0 Å². The van der Waals surface area contributed by atoms with Crippen molar-refractivity contribution in [1.29, 1.82) is 0 Å². The molecule has 1 amide bonds. The van der Waals surface area contributed by atoms with Crippen molar-refractivity contribution in [2.75, 3.05) is 11.5 Å². The first-order chi connectivity index (χ1) is 16.9. The summed E-state index contributed by atoms with van der Waals surface area (Å²) in [6.07, 6.45) is 5.26. The van der Waals surface area contributed by atoms with Crippen LogP contribution < -0.4 is 19.5 Å². The molecule has 0 fully saturated rings. The molecule has 9 nitrogen and oxygen atoms in total. The molecule has 3 aromatic carbocycles. The van der Waals surface area contributed by atoms with Crippen molar-refractivity contribution in [1.82, 2.24) is 14.9 Å². The van der Waals surface area contributed by atoms with Crippen LogP contribution in [0.3, 0.4) is 0 Å². The summed E-state index contributed by atoms with van der Waals surface area (Å²) in [6.45, 7) is 1.96. The fourth-order valence-corrected chi connectivity index (χ4v) is 4.78. The molecule has 10 heteroatoms. The lowest BCUT2D eigenvalue weighted by Crippen LogP contribution is -2.27. The monoisotopic (exact) mass is 490 g/mol. The molecule has 1 atom stereocenters. The molecule has 5 rings (SSSR count). The Bertz CT molecular complexity index is 1470. The molecule has 1 aliphatic rings. The number of anilines is 1. The van der Waals surface area contributed by atoms with Crippen molar-refractivity contribution in [3.05, 3.63) is 96.6 Å². The normalized spacial score (nSPS) is 13.3. The second kappa shape index (κ2) is 9.15. The second-order valence-electron chi connectivity index (χ2n) is 7.96. The number of carbonyl (C=O) groups is 1. The zero-order valence-electron chi connectivity index (χ0n) is 18.7. The number of amides is 1. The first kappa shape index (κ1) is 22.5. The molecular weight excluding hydrogens is 468 g/mol. The molecule has 1 aliphatic heterocycles. The zero-order valence-corrected chi connectivity index (χ0v) is 19.5. The minimum atomic E-state index is -3.93. The molecule has 0 bridgehead atoms. The highest BCUT2D eigenvalue weighted by Crippen LogP contribution is 2.34. The molecule has 178 valence electrons. The third-order valence-corrected chi connectivity index (χ3v) is 6.95. The lowest BCUT2D eigenvalue weighted by molar-refractivity contribution is 0.0939. The first-order valence-electron chi connectivity index (χ1n) is 10.8. The van der Waals surface area contributed by atoms with Gasteiger partial charge < -0.3 is 19.4 Å². The Kier molecular flexibility index (Phi) is 5.87. The predicted octanol–water partition coefficient (Wildman–Crippen LogP) is 3.89. The Morgan fingerprint density at radius 2 is 1.83 bits per heavy atom. The second-order valence-corrected chi connectivity index (χ2v) is 9.64. The lowest BCUT2D eigenvalue weighted by atomic mass is 10.1. The van der Waals surface area contributed by atoms with Crippen molar-refractivity contribution < 1.29 is 22.7 Å². The summed E-state index contributed by atoms with van der Waals surface area (Å²) in [5.41, 5.74) is 2.44. The van der Waals surface area contributed by atoms with Crippen LogP contribution in [0.1, 0.15) is 28.9 Å². The number of imidazole rings is 1. The molecule has 0 radical (unpaired) electrons. The van der Waals surface area contributed by atoms with Crippen molar-refractivity contribution >= 4 is 21.6 Å². The summed E-state index contributed by atoms with van der Waals surface area (Å²) in [4.78, 5) is 16.9. The molecule has 0 unspecified atom stereocenters. The van der Waals surface area contributed by atoms with Gasteiger partial charge in [0.25, 0.3) is 15.9 Å². The van der Waals surface area contributed by atoms with Gasteiger partial charge in [-0.15, -0.1) is 0 Å². The number of carbonyl (C=O) groups excluding carboxylic acids is 1. The molecule has 0 saturated heterocycles. The minimum Gasteiger partial charge on any atom is -0.454 e. The zero-order chi connectivity index (χ0) is 24.4. The Balaban J connectivity index is 1.28. The predicted molar refractivity (Wildman–Crippen MR) is 129 cm³/mol. The van der Waals surface area contributed by atoms with Gasteiger partial charge in [-0.1, -0.05) is 18.2 Å². The van der Waals surface area contributed by atoms with Crippen LogP contribution in [0, 0.1) is 0 Å². The highest BCUT2D eigenvalue weighted by atomic mass is 32.2. The first-order valence-corrected chi connectivity index (χ1v) is 12.3. The number of benzene rings is 3. The van der Waals surface area contributed by atoms with Gasteiger partial charge in [-0.3, -0.25) is 9.52 Å². The number of ether oxygens (including phenoxy) is 2. The van der Waals surface area contributed by atoms with Gasteiger partial charge in [0.2, 0.25) is 6.79 Å². The van der Waals surface area contributed by atoms with Crippen LogP contribution in [-0.2, 0) is 10.0 Å². The quantitative estimate of drug-likeness (QED) is 0.407. The van der Waals surface area contributed by atoms with E-state index in [0.29, 0.717) is 17.2 Å². The van der Waals surface area contributed by atoms with E-state index in [1.807, 2.05) is 42.0 Å². The molecule has 1 aromatic heterocycles. The molecule has 0 spiro atoms. The lowest BCUT2D eigenvalue weighted by Gasteiger charge is -2.16.